The lowest BCUT2D eigenvalue weighted by Gasteiger charge is -2.75. The van der Waals surface area contributed by atoms with Gasteiger partial charge in [0.05, 0.1) is 24.9 Å². The molecule has 2 N–H and O–H groups in total. The monoisotopic (exact) mass is 961 g/mol. The number of hydrogen-bond acceptors (Lipinski definition) is 10. The number of aliphatic hydroxyl groups is 2. The van der Waals surface area contributed by atoms with Crippen LogP contribution in [0.1, 0.15) is 155 Å². The average Bonchev–Trinajstić information content (AvgIpc) is 4.25. The first-order valence-corrected chi connectivity index (χ1v) is 28.1. The highest BCUT2D eigenvalue weighted by molar-refractivity contribution is 5.65. The molecule has 10 fully saturated rings. The number of fused-ring (bicyclic) bond motifs is 4. The molecule has 4 aliphatic heterocycles. The molecule has 5 unspecified atom stereocenters. The Labute approximate surface area is 418 Å². The molecule has 4 heterocycles. The van der Waals surface area contributed by atoms with E-state index in [0.717, 1.165) is 112 Å². The standard InChI is InChI=1S/C60H84N2O8/c1-51(2,3)53(7,63)41-31-55-19-21-59(41,66-10)49-57(55)23-25-61(33-35-11-12-35)43(55)30-38-16-18-40(48(70-49)46(38)57)67-27-28-68-60-22-20-56(32-42(60)54(8,64)52(4,5)6)44-29-37-15-17-39(65-9)47-45(37)58(56,50(60)69-47)24-26-62(44)34-36-13-14-36/h15-18,35-36,41-44,49-50,63-64H,11-14,19-34H2,1-10H3/t41?,42-,43?,44?,49+,50+,53?,54+,55-,56-,57+,58?,59-,60-/m1/s1. The molecule has 4 spiro atoms. The molecule has 10 heteroatoms. The van der Waals surface area contributed by atoms with Crippen molar-refractivity contribution in [2.75, 3.05) is 53.6 Å². The zero-order valence-corrected chi connectivity index (χ0v) is 44.3. The van der Waals surface area contributed by atoms with E-state index in [9.17, 15) is 10.2 Å². The number of piperidine rings is 2. The van der Waals surface area contributed by atoms with E-state index >= 15 is 0 Å². The van der Waals surface area contributed by atoms with Gasteiger partial charge in [-0.3, -0.25) is 9.80 Å². The normalized spacial score (nSPS) is 43.1. The van der Waals surface area contributed by atoms with Crippen molar-refractivity contribution in [1.82, 2.24) is 9.80 Å². The Morgan fingerprint density at radius 1 is 0.600 bits per heavy atom. The topological polar surface area (TPSA) is 102 Å². The van der Waals surface area contributed by atoms with Crippen LogP contribution in [-0.2, 0) is 33.1 Å². The van der Waals surface area contributed by atoms with Gasteiger partial charge in [-0.05, 0) is 163 Å². The number of likely N-dealkylation sites (tertiary alicyclic amines) is 2. The fourth-order valence-corrected chi connectivity index (χ4v) is 19.7. The van der Waals surface area contributed by atoms with Crippen molar-refractivity contribution < 1.29 is 38.6 Å². The van der Waals surface area contributed by atoms with Crippen LogP contribution < -0.4 is 18.9 Å². The number of methoxy groups -OCH3 is 2. The van der Waals surface area contributed by atoms with Crippen molar-refractivity contribution in [2.45, 2.75) is 203 Å². The first kappa shape index (κ1) is 46.0. The molecule has 2 aromatic rings. The number of nitrogens with zero attached hydrogens (tertiary/aromatic N) is 2. The van der Waals surface area contributed by atoms with E-state index in [2.05, 4.69) is 89.5 Å². The van der Waals surface area contributed by atoms with Crippen LogP contribution in [0.2, 0.25) is 0 Å². The van der Waals surface area contributed by atoms with E-state index in [1.54, 1.807) is 7.11 Å². The summed E-state index contributed by atoms with van der Waals surface area (Å²) in [6.07, 6.45) is 14.8. The molecule has 10 nitrogen and oxygen atoms in total. The summed E-state index contributed by atoms with van der Waals surface area (Å²) >= 11 is 0. The molecule has 382 valence electrons. The van der Waals surface area contributed by atoms with Gasteiger partial charge in [0.2, 0.25) is 0 Å². The highest BCUT2D eigenvalue weighted by Gasteiger charge is 2.84. The summed E-state index contributed by atoms with van der Waals surface area (Å²) in [7, 11) is 3.67. The molecule has 0 aromatic heterocycles. The van der Waals surface area contributed by atoms with Crippen LogP contribution in [0.3, 0.4) is 0 Å². The number of hydrogen-bond donors (Lipinski definition) is 2. The lowest BCUT2D eigenvalue weighted by atomic mass is 9.33. The van der Waals surface area contributed by atoms with Crippen LogP contribution in [0.25, 0.3) is 0 Å². The lowest BCUT2D eigenvalue weighted by Crippen LogP contribution is -2.83. The molecule has 0 amide bonds. The largest absolute Gasteiger partial charge is 0.493 e. The first-order valence-electron chi connectivity index (χ1n) is 28.1. The van der Waals surface area contributed by atoms with Gasteiger partial charge in [0.25, 0.3) is 0 Å². The molecular formula is C60H84N2O8. The van der Waals surface area contributed by atoms with Gasteiger partial charge < -0.3 is 38.6 Å². The van der Waals surface area contributed by atoms with Crippen LogP contribution in [0.15, 0.2) is 24.3 Å². The van der Waals surface area contributed by atoms with E-state index in [1.165, 1.54) is 61.0 Å². The first-order chi connectivity index (χ1) is 33.2. The second-order valence-electron chi connectivity index (χ2n) is 28.2. The van der Waals surface area contributed by atoms with Gasteiger partial charge in [-0.25, -0.2) is 0 Å². The maximum atomic E-state index is 13.2. The number of rotatable bonds is 13. The van der Waals surface area contributed by atoms with Crippen molar-refractivity contribution in [1.29, 1.82) is 0 Å². The fourth-order valence-electron chi connectivity index (χ4n) is 19.7. The van der Waals surface area contributed by atoms with Gasteiger partial charge in [-0.1, -0.05) is 53.7 Å². The summed E-state index contributed by atoms with van der Waals surface area (Å²) in [5, 5.41) is 26.0. The van der Waals surface area contributed by atoms with Gasteiger partial charge in [-0.2, -0.15) is 0 Å². The predicted octanol–water partition coefficient (Wildman–Crippen LogP) is 9.19. The second-order valence-corrected chi connectivity index (χ2v) is 28.2. The molecule has 14 atom stereocenters. The van der Waals surface area contributed by atoms with E-state index in [1.807, 2.05) is 7.11 Å². The zero-order chi connectivity index (χ0) is 48.6. The molecule has 2 saturated heterocycles. The van der Waals surface area contributed by atoms with E-state index < -0.39 is 27.8 Å². The number of benzene rings is 2. The van der Waals surface area contributed by atoms with Crippen molar-refractivity contribution in [2.24, 2.45) is 45.3 Å². The van der Waals surface area contributed by atoms with Crippen molar-refractivity contribution >= 4 is 0 Å². The molecule has 0 radical (unpaired) electrons. The molecular weight excluding hydrogens is 877 g/mol. The minimum Gasteiger partial charge on any atom is -0.493 e. The summed E-state index contributed by atoms with van der Waals surface area (Å²) in [5.41, 5.74) is 0.936. The highest BCUT2D eigenvalue weighted by atomic mass is 16.6. The van der Waals surface area contributed by atoms with Crippen molar-refractivity contribution in [3.8, 4) is 23.0 Å². The van der Waals surface area contributed by atoms with Gasteiger partial charge in [0.1, 0.15) is 30.0 Å². The highest BCUT2D eigenvalue weighted by Crippen LogP contribution is 2.80. The average molecular weight is 961 g/mol. The van der Waals surface area contributed by atoms with Crippen LogP contribution in [-0.4, -0.2) is 120 Å². The zero-order valence-electron chi connectivity index (χ0n) is 44.3. The fraction of sp³-hybridized carbons (Fsp3) is 0.800. The third-order valence-electron chi connectivity index (χ3n) is 24.2. The smallest absolute Gasteiger partial charge is 0.165 e. The second kappa shape index (κ2) is 14.2. The molecule has 2 aromatic carbocycles. The molecule has 16 rings (SSSR count). The molecule has 8 bridgehead atoms. The molecule has 14 aliphatic rings. The Kier molecular flexibility index (Phi) is 9.33. The van der Waals surface area contributed by atoms with Gasteiger partial charge in [0.15, 0.2) is 23.0 Å². The van der Waals surface area contributed by atoms with Gasteiger partial charge >= 0.3 is 0 Å². The Balaban J connectivity index is 0.823. The summed E-state index contributed by atoms with van der Waals surface area (Å²) in [6, 6.07) is 9.85. The predicted molar refractivity (Wildman–Crippen MR) is 268 cm³/mol. The Morgan fingerprint density at radius 2 is 1.07 bits per heavy atom. The lowest BCUT2D eigenvalue weighted by molar-refractivity contribution is -0.319. The van der Waals surface area contributed by atoms with Crippen LogP contribution in [0.4, 0.5) is 0 Å². The summed E-state index contributed by atoms with van der Waals surface area (Å²) < 4.78 is 43.0. The number of ether oxygens (including phenoxy) is 6. The summed E-state index contributed by atoms with van der Waals surface area (Å²) in [5.74, 6) is 4.83. The maximum absolute atomic E-state index is 13.2. The minimum atomic E-state index is -1.04. The molecule has 10 aliphatic carbocycles. The third kappa shape index (κ3) is 5.29. The van der Waals surface area contributed by atoms with Crippen LogP contribution in [0.5, 0.6) is 23.0 Å². The van der Waals surface area contributed by atoms with Gasteiger partial charge in [-0.15, -0.1) is 0 Å². The minimum absolute atomic E-state index is 0.0344. The van der Waals surface area contributed by atoms with Crippen molar-refractivity contribution in [3.63, 3.8) is 0 Å². The maximum Gasteiger partial charge on any atom is 0.165 e. The third-order valence-corrected chi connectivity index (χ3v) is 24.2. The van der Waals surface area contributed by atoms with E-state index in [4.69, 9.17) is 28.4 Å². The SMILES string of the molecule is COc1ccc2c3c1O[C@H]1C34CCN(CC3CC3)C(C2)[C@]42CC[C@@]1(OCCOc1ccc3c4c1O[C@H]1[C@]45CCN(CC4CC4)C(C3)[C@]53CC[C@@]1(OC)C(C(C)(O)C(C)(C)C)C3)[C@@H]([C@](C)(O)C(C)(C)C)C2. The van der Waals surface area contributed by atoms with E-state index in [-0.39, 0.29) is 51.1 Å². The van der Waals surface area contributed by atoms with E-state index in [0.29, 0.717) is 25.3 Å². The Hall–Kier alpha value is -2.60. The Bertz CT molecular complexity index is 2520. The molecule has 70 heavy (non-hydrogen) atoms. The van der Waals surface area contributed by atoms with Crippen molar-refractivity contribution in [3.05, 3.63) is 46.5 Å². The molecule has 8 saturated carbocycles. The van der Waals surface area contributed by atoms with Crippen LogP contribution in [0, 0.1) is 45.3 Å². The Morgan fingerprint density at radius 3 is 1.56 bits per heavy atom. The van der Waals surface area contributed by atoms with Gasteiger partial charge in [0, 0.05) is 76.9 Å². The summed E-state index contributed by atoms with van der Waals surface area (Å²) in [4.78, 5) is 5.77. The quantitative estimate of drug-likeness (QED) is 0.189. The van der Waals surface area contributed by atoms with Crippen LogP contribution >= 0.6 is 0 Å². The summed E-state index contributed by atoms with van der Waals surface area (Å²) in [6.45, 7) is 22.6.